The molecular weight excluding hydrogens is 372 g/mol. The Morgan fingerprint density at radius 3 is 1.90 bits per heavy atom. The lowest BCUT2D eigenvalue weighted by molar-refractivity contribution is 0.0392. The van der Waals surface area contributed by atoms with Gasteiger partial charge in [0.05, 0.1) is 12.2 Å². The van der Waals surface area contributed by atoms with Crippen molar-refractivity contribution < 1.29 is 14.6 Å². The number of aromatic hydroxyl groups is 1. The molecule has 3 heteroatoms. The molecule has 0 unspecified atom stereocenters. The van der Waals surface area contributed by atoms with E-state index in [0.717, 1.165) is 17.0 Å². The molecule has 170 valence electrons. The standard InChI is InChI=1S/C27H44O3/c1-8-9-10-11-19-12-14-20(15-13-19)18-30-25(29)21-16-22(26(2,3)4)24(28)23(17-21)27(5,6)7/h16-17,19-20,28H,8-15,18H2,1-7H3. The van der Waals surface area contributed by atoms with E-state index in [2.05, 4.69) is 48.5 Å². The number of hydrogen-bond donors (Lipinski definition) is 1. The molecule has 0 aromatic heterocycles. The maximum atomic E-state index is 12.9. The Bertz CT molecular complexity index is 663. The average Bonchev–Trinajstić information content (AvgIpc) is 2.65. The zero-order chi connectivity index (χ0) is 22.5. The fourth-order valence-corrected chi connectivity index (χ4v) is 4.54. The van der Waals surface area contributed by atoms with Crippen LogP contribution in [0.4, 0.5) is 0 Å². The van der Waals surface area contributed by atoms with Crippen molar-refractivity contribution in [2.75, 3.05) is 6.61 Å². The number of carbonyl (C=O) groups is 1. The summed E-state index contributed by atoms with van der Waals surface area (Å²) in [5, 5.41) is 10.9. The molecule has 0 amide bonds. The van der Waals surface area contributed by atoms with Crippen molar-refractivity contribution in [3.63, 3.8) is 0 Å². The van der Waals surface area contributed by atoms with Gasteiger partial charge < -0.3 is 9.84 Å². The van der Waals surface area contributed by atoms with E-state index in [4.69, 9.17) is 4.74 Å². The lowest BCUT2D eigenvalue weighted by Crippen LogP contribution is -2.22. The number of phenolic OH excluding ortho intramolecular Hbond substituents is 1. The molecule has 1 aliphatic rings. The van der Waals surface area contributed by atoms with Crippen LogP contribution in [0.1, 0.15) is 121 Å². The summed E-state index contributed by atoms with van der Waals surface area (Å²) in [4.78, 5) is 12.9. The number of unbranched alkanes of at least 4 members (excludes halogenated alkanes) is 2. The minimum absolute atomic E-state index is 0.253. The van der Waals surface area contributed by atoms with Crippen molar-refractivity contribution in [2.24, 2.45) is 11.8 Å². The Hall–Kier alpha value is -1.51. The lowest BCUT2D eigenvalue weighted by atomic mass is 9.78. The first-order valence-corrected chi connectivity index (χ1v) is 12.0. The second-order valence-corrected chi connectivity index (χ2v) is 11.4. The predicted octanol–water partition coefficient (Wildman–Crippen LogP) is 7.53. The molecule has 1 N–H and O–H groups in total. The van der Waals surface area contributed by atoms with Gasteiger partial charge in [0.1, 0.15) is 5.75 Å². The highest BCUT2D eigenvalue weighted by atomic mass is 16.5. The van der Waals surface area contributed by atoms with Gasteiger partial charge in [-0.05, 0) is 47.6 Å². The minimum atomic E-state index is -0.268. The molecule has 3 nitrogen and oxygen atoms in total. The van der Waals surface area contributed by atoms with Crippen molar-refractivity contribution in [1.29, 1.82) is 0 Å². The van der Waals surface area contributed by atoms with Gasteiger partial charge in [0.15, 0.2) is 0 Å². The van der Waals surface area contributed by atoms with Crippen LogP contribution in [0, 0.1) is 11.8 Å². The molecule has 0 saturated heterocycles. The van der Waals surface area contributed by atoms with Crippen LogP contribution in [0.5, 0.6) is 5.75 Å². The summed E-state index contributed by atoms with van der Waals surface area (Å²) >= 11 is 0. The van der Waals surface area contributed by atoms with E-state index in [-0.39, 0.29) is 16.8 Å². The number of hydrogen-bond acceptors (Lipinski definition) is 3. The number of benzene rings is 1. The van der Waals surface area contributed by atoms with Crippen molar-refractivity contribution >= 4 is 5.97 Å². The zero-order valence-corrected chi connectivity index (χ0v) is 20.4. The maximum absolute atomic E-state index is 12.9. The van der Waals surface area contributed by atoms with E-state index in [9.17, 15) is 9.90 Å². The summed E-state index contributed by atoms with van der Waals surface area (Å²) in [5.41, 5.74) is 1.65. The third-order valence-electron chi connectivity index (χ3n) is 6.59. The zero-order valence-electron chi connectivity index (χ0n) is 20.4. The largest absolute Gasteiger partial charge is 0.507 e. The number of phenols is 1. The first-order chi connectivity index (χ1) is 13.9. The molecule has 2 rings (SSSR count). The third-order valence-corrected chi connectivity index (χ3v) is 6.59. The van der Waals surface area contributed by atoms with Gasteiger partial charge in [0.2, 0.25) is 0 Å². The topological polar surface area (TPSA) is 46.5 Å². The lowest BCUT2D eigenvalue weighted by Gasteiger charge is -2.29. The van der Waals surface area contributed by atoms with Gasteiger partial charge in [0.25, 0.3) is 0 Å². The van der Waals surface area contributed by atoms with Gasteiger partial charge in [-0.25, -0.2) is 4.79 Å². The highest BCUT2D eigenvalue weighted by molar-refractivity contribution is 5.90. The first kappa shape index (κ1) is 24.8. The Kier molecular flexibility index (Phi) is 8.42. The second kappa shape index (κ2) is 10.2. The van der Waals surface area contributed by atoms with Crippen molar-refractivity contribution in [1.82, 2.24) is 0 Å². The van der Waals surface area contributed by atoms with E-state index in [1.807, 2.05) is 12.1 Å². The minimum Gasteiger partial charge on any atom is -0.507 e. The predicted molar refractivity (Wildman–Crippen MR) is 125 cm³/mol. The van der Waals surface area contributed by atoms with Crippen LogP contribution in [-0.4, -0.2) is 17.7 Å². The number of esters is 1. The molecular formula is C27H44O3. The van der Waals surface area contributed by atoms with Gasteiger partial charge in [-0.3, -0.25) is 0 Å². The molecule has 0 aliphatic heterocycles. The molecule has 1 aliphatic carbocycles. The third kappa shape index (κ3) is 6.75. The fraction of sp³-hybridized carbons (Fsp3) is 0.741. The van der Waals surface area contributed by atoms with Crippen LogP contribution in [0.25, 0.3) is 0 Å². The normalized spacial score (nSPS) is 20.2. The fourth-order valence-electron chi connectivity index (χ4n) is 4.54. The Morgan fingerprint density at radius 1 is 0.933 bits per heavy atom. The van der Waals surface area contributed by atoms with Crippen LogP contribution in [-0.2, 0) is 15.6 Å². The van der Waals surface area contributed by atoms with E-state index in [1.54, 1.807) is 0 Å². The van der Waals surface area contributed by atoms with Crippen molar-refractivity contribution in [3.05, 3.63) is 28.8 Å². The molecule has 0 heterocycles. The van der Waals surface area contributed by atoms with Crippen LogP contribution in [0.3, 0.4) is 0 Å². The highest BCUT2D eigenvalue weighted by Crippen LogP contribution is 2.40. The van der Waals surface area contributed by atoms with E-state index in [1.165, 1.54) is 51.4 Å². The maximum Gasteiger partial charge on any atom is 0.338 e. The summed E-state index contributed by atoms with van der Waals surface area (Å²) in [6.07, 6.45) is 10.2. The van der Waals surface area contributed by atoms with E-state index < -0.39 is 0 Å². The van der Waals surface area contributed by atoms with Crippen LogP contribution in [0.2, 0.25) is 0 Å². The first-order valence-electron chi connectivity index (χ1n) is 12.0. The Morgan fingerprint density at radius 2 is 1.43 bits per heavy atom. The van der Waals surface area contributed by atoms with Crippen LogP contribution in [0.15, 0.2) is 12.1 Å². The molecule has 0 atom stereocenters. The smallest absolute Gasteiger partial charge is 0.338 e. The van der Waals surface area contributed by atoms with Gasteiger partial charge in [-0.1, -0.05) is 87.0 Å². The Labute approximate surface area is 184 Å². The second-order valence-electron chi connectivity index (χ2n) is 11.4. The summed E-state index contributed by atoms with van der Waals surface area (Å²) < 4.78 is 5.76. The average molecular weight is 417 g/mol. The molecule has 0 bridgehead atoms. The van der Waals surface area contributed by atoms with Gasteiger partial charge in [-0.2, -0.15) is 0 Å². The molecule has 1 aromatic rings. The summed E-state index contributed by atoms with van der Waals surface area (Å²) in [6.45, 7) is 15.1. The van der Waals surface area contributed by atoms with Crippen molar-refractivity contribution in [2.45, 2.75) is 111 Å². The number of rotatable bonds is 7. The molecule has 1 saturated carbocycles. The number of ether oxygens (including phenoxy) is 1. The molecule has 1 fully saturated rings. The van der Waals surface area contributed by atoms with Gasteiger partial charge >= 0.3 is 5.97 Å². The van der Waals surface area contributed by atoms with Gasteiger partial charge in [0, 0.05) is 11.1 Å². The quantitative estimate of drug-likeness (QED) is 0.369. The molecule has 0 spiro atoms. The molecule has 0 radical (unpaired) electrons. The van der Waals surface area contributed by atoms with Crippen molar-refractivity contribution in [3.8, 4) is 5.75 Å². The SMILES string of the molecule is CCCCCC1CCC(COC(=O)c2cc(C(C)(C)C)c(O)c(C(C)(C)C)c2)CC1. The van der Waals surface area contributed by atoms with Gasteiger partial charge in [-0.15, -0.1) is 0 Å². The monoisotopic (exact) mass is 416 g/mol. The van der Waals surface area contributed by atoms with E-state index in [0.29, 0.717) is 23.8 Å². The summed E-state index contributed by atoms with van der Waals surface area (Å²) in [5.74, 6) is 1.38. The number of carbonyl (C=O) groups excluding carboxylic acids is 1. The van der Waals surface area contributed by atoms with E-state index >= 15 is 0 Å². The highest BCUT2D eigenvalue weighted by Gasteiger charge is 2.29. The van der Waals surface area contributed by atoms with Crippen LogP contribution >= 0.6 is 0 Å². The summed E-state index contributed by atoms with van der Waals surface area (Å²) in [7, 11) is 0. The van der Waals surface area contributed by atoms with Crippen LogP contribution < -0.4 is 0 Å². The molecule has 1 aromatic carbocycles. The Balaban J connectivity index is 2.02. The summed E-state index contributed by atoms with van der Waals surface area (Å²) in [6, 6.07) is 3.63. The molecule has 30 heavy (non-hydrogen) atoms.